The molecule has 0 fully saturated rings. The van der Waals surface area contributed by atoms with Crippen molar-refractivity contribution in [1.82, 2.24) is 15.1 Å². The van der Waals surface area contributed by atoms with Crippen molar-refractivity contribution in [2.24, 2.45) is 5.73 Å². The standard InChI is InChI=1S/C15H14N4O3/c1-7-3-8(2)12(20)10(4-7)15-18-14(19-22-15)11-5-9(6-17-11)13(16)21/h3-6,17,20H,1-2H3,(H2,16,21). The Morgan fingerprint density at radius 3 is 2.77 bits per heavy atom. The number of carbonyl (C=O) groups is 1. The minimum atomic E-state index is -0.543. The lowest BCUT2D eigenvalue weighted by atomic mass is 10.1. The minimum absolute atomic E-state index is 0.102. The van der Waals surface area contributed by atoms with E-state index in [0.717, 1.165) is 11.1 Å². The highest BCUT2D eigenvalue weighted by molar-refractivity contribution is 5.93. The van der Waals surface area contributed by atoms with E-state index in [2.05, 4.69) is 15.1 Å². The van der Waals surface area contributed by atoms with Gasteiger partial charge in [-0.2, -0.15) is 4.98 Å². The van der Waals surface area contributed by atoms with E-state index in [4.69, 9.17) is 10.3 Å². The molecule has 0 aliphatic carbocycles. The highest BCUT2D eigenvalue weighted by Crippen LogP contribution is 2.33. The van der Waals surface area contributed by atoms with Gasteiger partial charge in [-0.1, -0.05) is 11.2 Å². The van der Waals surface area contributed by atoms with Gasteiger partial charge >= 0.3 is 0 Å². The fraction of sp³-hybridized carbons (Fsp3) is 0.133. The maximum absolute atomic E-state index is 11.1. The van der Waals surface area contributed by atoms with E-state index in [-0.39, 0.29) is 17.5 Å². The lowest BCUT2D eigenvalue weighted by Gasteiger charge is -2.04. The van der Waals surface area contributed by atoms with Crippen molar-refractivity contribution in [3.05, 3.63) is 41.1 Å². The molecule has 112 valence electrons. The molecule has 2 heterocycles. The van der Waals surface area contributed by atoms with Crippen LogP contribution in [0.5, 0.6) is 5.75 Å². The van der Waals surface area contributed by atoms with Gasteiger partial charge < -0.3 is 20.3 Å². The molecule has 0 aliphatic rings. The summed E-state index contributed by atoms with van der Waals surface area (Å²) in [5.74, 6) is 0.0406. The highest BCUT2D eigenvalue weighted by atomic mass is 16.5. The number of aromatic hydroxyl groups is 1. The fourth-order valence-corrected chi connectivity index (χ4v) is 2.23. The molecular weight excluding hydrogens is 284 g/mol. The second-order valence-electron chi connectivity index (χ2n) is 5.07. The van der Waals surface area contributed by atoms with Crippen LogP contribution >= 0.6 is 0 Å². The van der Waals surface area contributed by atoms with Crippen molar-refractivity contribution in [2.75, 3.05) is 0 Å². The molecule has 3 aromatic rings. The minimum Gasteiger partial charge on any atom is -0.507 e. The van der Waals surface area contributed by atoms with E-state index < -0.39 is 5.91 Å². The van der Waals surface area contributed by atoms with Gasteiger partial charge in [-0.25, -0.2) is 0 Å². The molecule has 4 N–H and O–H groups in total. The molecule has 0 saturated heterocycles. The van der Waals surface area contributed by atoms with Gasteiger partial charge in [0.25, 0.3) is 5.89 Å². The summed E-state index contributed by atoms with van der Waals surface area (Å²) in [6, 6.07) is 5.17. The zero-order valence-corrected chi connectivity index (χ0v) is 12.0. The highest BCUT2D eigenvalue weighted by Gasteiger charge is 2.17. The number of phenols is 1. The first kappa shape index (κ1) is 13.9. The molecule has 1 aromatic carbocycles. The summed E-state index contributed by atoms with van der Waals surface area (Å²) in [7, 11) is 0. The number of aromatic amines is 1. The number of aromatic nitrogens is 3. The van der Waals surface area contributed by atoms with Gasteiger partial charge in [0, 0.05) is 6.20 Å². The van der Waals surface area contributed by atoms with Crippen molar-refractivity contribution in [3.63, 3.8) is 0 Å². The zero-order chi connectivity index (χ0) is 15.9. The summed E-state index contributed by atoms with van der Waals surface area (Å²) in [4.78, 5) is 18.2. The SMILES string of the molecule is Cc1cc(C)c(O)c(-c2nc(-c3cc(C(N)=O)c[nH]3)no2)c1. The van der Waals surface area contributed by atoms with Gasteiger partial charge in [0.15, 0.2) is 0 Å². The number of hydrogen-bond donors (Lipinski definition) is 3. The molecule has 22 heavy (non-hydrogen) atoms. The van der Waals surface area contributed by atoms with Crippen LogP contribution in [0.1, 0.15) is 21.5 Å². The fourth-order valence-electron chi connectivity index (χ4n) is 2.23. The largest absolute Gasteiger partial charge is 0.507 e. The van der Waals surface area contributed by atoms with Crippen molar-refractivity contribution in [2.45, 2.75) is 13.8 Å². The number of benzene rings is 1. The third kappa shape index (κ3) is 2.32. The van der Waals surface area contributed by atoms with Crippen LogP contribution in [-0.2, 0) is 0 Å². The molecular formula is C15H14N4O3. The average Bonchev–Trinajstić information content (AvgIpc) is 3.10. The monoisotopic (exact) mass is 298 g/mol. The number of phenolic OH excluding ortho intramolecular Hbond substituents is 1. The second-order valence-corrected chi connectivity index (χ2v) is 5.07. The zero-order valence-electron chi connectivity index (χ0n) is 12.0. The molecule has 0 unspecified atom stereocenters. The number of hydrogen-bond acceptors (Lipinski definition) is 5. The maximum Gasteiger partial charge on any atom is 0.262 e. The lowest BCUT2D eigenvalue weighted by molar-refractivity contribution is 0.100. The quantitative estimate of drug-likeness (QED) is 0.684. The second kappa shape index (κ2) is 5.03. The van der Waals surface area contributed by atoms with Crippen molar-refractivity contribution in [3.8, 4) is 28.7 Å². The number of rotatable bonds is 3. The van der Waals surface area contributed by atoms with Crippen LogP contribution in [-0.4, -0.2) is 26.1 Å². The van der Waals surface area contributed by atoms with E-state index in [1.807, 2.05) is 13.0 Å². The summed E-state index contributed by atoms with van der Waals surface area (Å²) >= 11 is 0. The predicted molar refractivity (Wildman–Crippen MR) is 79.2 cm³/mol. The van der Waals surface area contributed by atoms with Crippen LogP contribution in [0.15, 0.2) is 28.9 Å². The van der Waals surface area contributed by atoms with Crippen LogP contribution < -0.4 is 5.73 Å². The Balaban J connectivity index is 2.02. The molecule has 0 radical (unpaired) electrons. The Hall–Kier alpha value is -3.09. The number of nitrogens with two attached hydrogens (primary N) is 1. The Bertz CT molecular complexity index is 864. The van der Waals surface area contributed by atoms with Gasteiger partial charge in [0.1, 0.15) is 5.75 Å². The summed E-state index contributed by atoms with van der Waals surface area (Å²) in [6.45, 7) is 3.71. The first-order valence-corrected chi connectivity index (χ1v) is 6.58. The summed E-state index contributed by atoms with van der Waals surface area (Å²) in [5, 5.41) is 14.0. The van der Waals surface area contributed by atoms with Crippen molar-refractivity contribution in [1.29, 1.82) is 0 Å². The van der Waals surface area contributed by atoms with Crippen LogP contribution in [0, 0.1) is 13.8 Å². The van der Waals surface area contributed by atoms with Crippen LogP contribution in [0.2, 0.25) is 0 Å². The maximum atomic E-state index is 11.1. The predicted octanol–water partition coefficient (Wildman–Crippen LogP) is 2.15. The number of amides is 1. The number of nitrogens with one attached hydrogen (secondary N) is 1. The van der Waals surface area contributed by atoms with Crippen LogP contribution in [0.25, 0.3) is 23.0 Å². The van der Waals surface area contributed by atoms with E-state index >= 15 is 0 Å². The summed E-state index contributed by atoms with van der Waals surface area (Å²) < 4.78 is 5.21. The number of carbonyl (C=O) groups excluding carboxylic acids is 1. The average molecular weight is 298 g/mol. The van der Waals surface area contributed by atoms with Gasteiger partial charge in [-0.3, -0.25) is 4.79 Å². The molecule has 0 aliphatic heterocycles. The number of primary amides is 1. The van der Waals surface area contributed by atoms with E-state index in [1.165, 1.54) is 12.3 Å². The first-order chi connectivity index (χ1) is 10.5. The van der Waals surface area contributed by atoms with Crippen molar-refractivity contribution < 1.29 is 14.4 Å². The molecule has 2 aromatic heterocycles. The molecule has 0 bridgehead atoms. The smallest absolute Gasteiger partial charge is 0.262 e. The molecule has 1 amide bonds. The molecule has 7 nitrogen and oxygen atoms in total. The molecule has 3 rings (SSSR count). The van der Waals surface area contributed by atoms with Gasteiger partial charge in [-0.05, 0) is 37.1 Å². The van der Waals surface area contributed by atoms with E-state index in [1.54, 1.807) is 13.0 Å². The molecule has 0 spiro atoms. The van der Waals surface area contributed by atoms with Crippen LogP contribution in [0.4, 0.5) is 0 Å². The third-order valence-corrected chi connectivity index (χ3v) is 3.31. The Labute approximate surface area is 125 Å². The normalized spacial score (nSPS) is 10.8. The number of nitrogens with zero attached hydrogens (tertiary/aromatic N) is 2. The first-order valence-electron chi connectivity index (χ1n) is 6.58. The number of aryl methyl sites for hydroxylation is 2. The third-order valence-electron chi connectivity index (χ3n) is 3.31. The summed E-state index contributed by atoms with van der Waals surface area (Å²) in [5.41, 5.74) is 8.21. The molecule has 0 saturated carbocycles. The number of H-pyrrole nitrogens is 1. The van der Waals surface area contributed by atoms with Crippen LogP contribution in [0.3, 0.4) is 0 Å². The molecule has 7 heteroatoms. The Kier molecular flexibility index (Phi) is 3.17. The topological polar surface area (TPSA) is 118 Å². The van der Waals surface area contributed by atoms with Gasteiger partial charge in [-0.15, -0.1) is 0 Å². The van der Waals surface area contributed by atoms with Gasteiger partial charge in [0.2, 0.25) is 11.7 Å². The summed E-state index contributed by atoms with van der Waals surface area (Å²) in [6.07, 6.45) is 1.47. The Morgan fingerprint density at radius 2 is 2.09 bits per heavy atom. The van der Waals surface area contributed by atoms with E-state index in [9.17, 15) is 9.90 Å². The Morgan fingerprint density at radius 1 is 1.32 bits per heavy atom. The molecule has 0 atom stereocenters. The van der Waals surface area contributed by atoms with Gasteiger partial charge in [0.05, 0.1) is 16.8 Å². The van der Waals surface area contributed by atoms with Crippen molar-refractivity contribution >= 4 is 5.91 Å². The lowest BCUT2D eigenvalue weighted by Crippen LogP contribution is -2.09. The van der Waals surface area contributed by atoms with E-state index in [0.29, 0.717) is 16.8 Å².